The van der Waals surface area contributed by atoms with Gasteiger partial charge in [0.2, 0.25) is 0 Å². The SMILES string of the molecule is CN1CCC(NC(=O)c2nc(Cl)ccc2N)C(F)C1. The van der Waals surface area contributed by atoms with Gasteiger partial charge in [-0.25, -0.2) is 9.37 Å². The van der Waals surface area contributed by atoms with Crippen molar-refractivity contribution < 1.29 is 9.18 Å². The van der Waals surface area contributed by atoms with Crippen LogP contribution in [0, 0.1) is 0 Å². The Morgan fingerprint density at radius 1 is 1.63 bits per heavy atom. The number of likely N-dealkylation sites (tertiary alicyclic amines) is 1. The summed E-state index contributed by atoms with van der Waals surface area (Å²) in [6.07, 6.45) is -0.535. The zero-order chi connectivity index (χ0) is 14.0. The van der Waals surface area contributed by atoms with Crippen molar-refractivity contribution in [1.29, 1.82) is 0 Å². The third-order valence-corrected chi connectivity index (χ3v) is 3.38. The van der Waals surface area contributed by atoms with E-state index in [0.717, 1.165) is 6.54 Å². The van der Waals surface area contributed by atoms with Crippen molar-refractivity contribution in [3.05, 3.63) is 23.0 Å². The number of nitrogens with two attached hydrogens (primary N) is 1. The van der Waals surface area contributed by atoms with Crippen LogP contribution in [-0.4, -0.2) is 48.1 Å². The first kappa shape index (κ1) is 14.0. The molecule has 0 aliphatic carbocycles. The van der Waals surface area contributed by atoms with E-state index in [1.54, 1.807) is 0 Å². The Bertz CT molecular complexity index is 485. The molecule has 3 N–H and O–H groups in total. The third kappa shape index (κ3) is 3.33. The molecule has 0 bridgehead atoms. The number of alkyl halides is 1. The molecular formula is C12H16ClFN4O. The molecule has 2 heterocycles. The Morgan fingerprint density at radius 2 is 2.37 bits per heavy atom. The Hall–Kier alpha value is -1.40. The molecule has 2 atom stereocenters. The Balaban J connectivity index is 2.06. The number of piperidine rings is 1. The van der Waals surface area contributed by atoms with E-state index in [1.807, 2.05) is 11.9 Å². The van der Waals surface area contributed by atoms with E-state index in [0.29, 0.717) is 13.0 Å². The molecule has 1 fully saturated rings. The second-order valence-corrected chi connectivity index (χ2v) is 5.11. The summed E-state index contributed by atoms with van der Waals surface area (Å²) in [4.78, 5) is 17.8. The molecule has 1 aromatic heterocycles. The standard InChI is InChI=1S/C12H16ClFN4O/c1-18-5-4-9(7(14)6-18)16-12(19)11-8(15)2-3-10(13)17-11/h2-3,7,9H,4-6,15H2,1H3,(H,16,19). The number of carbonyl (C=O) groups is 1. The molecule has 0 radical (unpaired) electrons. The molecule has 0 saturated carbocycles. The maximum absolute atomic E-state index is 13.8. The van der Waals surface area contributed by atoms with Gasteiger partial charge in [-0.15, -0.1) is 0 Å². The molecule has 19 heavy (non-hydrogen) atoms. The van der Waals surface area contributed by atoms with E-state index in [4.69, 9.17) is 17.3 Å². The second kappa shape index (κ2) is 5.71. The first-order valence-electron chi connectivity index (χ1n) is 6.03. The molecular weight excluding hydrogens is 271 g/mol. The van der Waals surface area contributed by atoms with Crippen LogP contribution in [0.15, 0.2) is 12.1 Å². The fraction of sp³-hybridized carbons (Fsp3) is 0.500. The van der Waals surface area contributed by atoms with Crippen molar-refractivity contribution >= 4 is 23.2 Å². The van der Waals surface area contributed by atoms with Gasteiger partial charge in [-0.3, -0.25) is 4.79 Å². The number of nitrogen functional groups attached to an aromatic ring is 1. The highest BCUT2D eigenvalue weighted by molar-refractivity contribution is 6.29. The first-order valence-corrected chi connectivity index (χ1v) is 6.40. The Kier molecular flexibility index (Phi) is 4.21. The lowest BCUT2D eigenvalue weighted by atomic mass is 10.0. The van der Waals surface area contributed by atoms with E-state index in [2.05, 4.69) is 10.3 Å². The number of pyridine rings is 1. The van der Waals surface area contributed by atoms with Crippen LogP contribution in [0.2, 0.25) is 5.15 Å². The lowest BCUT2D eigenvalue weighted by Gasteiger charge is -2.32. The molecule has 1 aliphatic rings. The molecule has 5 nitrogen and oxygen atoms in total. The molecule has 1 aliphatic heterocycles. The summed E-state index contributed by atoms with van der Waals surface area (Å²) in [5, 5.41) is 2.81. The van der Waals surface area contributed by atoms with Gasteiger partial charge in [-0.1, -0.05) is 11.6 Å². The normalized spacial score (nSPS) is 24.2. The molecule has 1 saturated heterocycles. The van der Waals surface area contributed by atoms with Gasteiger partial charge >= 0.3 is 0 Å². The zero-order valence-electron chi connectivity index (χ0n) is 10.6. The number of nitrogens with one attached hydrogen (secondary N) is 1. The largest absolute Gasteiger partial charge is 0.397 e. The summed E-state index contributed by atoms with van der Waals surface area (Å²) in [5.74, 6) is -0.489. The van der Waals surface area contributed by atoms with Gasteiger partial charge in [-0.05, 0) is 25.6 Å². The predicted octanol–water partition coefficient (Wildman–Crippen LogP) is 1.09. The third-order valence-electron chi connectivity index (χ3n) is 3.17. The fourth-order valence-corrected chi connectivity index (χ4v) is 2.23. The molecule has 2 rings (SSSR count). The molecule has 1 amide bonds. The van der Waals surface area contributed by atoms with Crippen molar-refractivity contribution in [2.75, 3.05) is 25.9 Å². The lowest BCUT2D eigenvalue weighted by molar-refractivity contribution is 0.0818. The number of rotatable bonds is 2. The van der Waals surface area contributed by atoms with Crippen molar-refractivity contribution in [1.82, 2.24) is 15.2 Å². The van der Waals surface area contributed by atoms with Crippen LogP contribution in [0.25, 0.3) is 0 Å². The minimum atomic E-state index is -1.09. The van der Waals surface area contributed by atoms with Gasteiger partial charge in [0.1, 0.15) is 11.3 Å². The van der Waals surface area contributed by atoms with Gasteiger partial charge in [-0.2, -0.15) is 0 Å². The van der Waals surface area contributed by atoms with E-state index < -0.39 is 18.1 Å². The van der Waals surface area contributed by atoms with E-state index in [-0.39, 0.29) is 16.5 Å². The molecule has 104 valence electrons. The monoisotopic (exact) mass is 286 g/mol. The maximum Gasteiger partial charge on any atom is 0.272 e. The van der Waals surface area contributed by atoms with Crippen LogP contribution >= 0.6 is 11.6 Å². The number of halogens is 2. The van der Waals surface area contributed by atoms with E-state index in [9.17, 15) is 9.18 Å². The van der Waals surface area contributed by atoms with Gasteiger partial charge in [0.25, 0.3) is 5.91 Å². The number of carbonyl (C=O) groups excluding carboxylic acids is 1. The summed E-state index contributed by atoms with van der Waals surface area (Å²) in [7, 11) is 1.85. The molecule has 2 unspecified atom stereocenters. The van der Waals surface area contributed by atoms with Crippen molar-refractivity contribution in [2.24, 2.45) is 0 Å². The predicted molar refractivity (Wildman–Crippen MR) is 71.9 cm³/mol. The minimum absolute atomic E-state index is 0.0404. The fourth-order valence-electron chi connectivity index (χ4n) is 2.08. The summed E-state index contributed by atoms with van der Waals surface area (Å²) >= 11 is 5.72. The average Bonchev–Trinajstić information content (AvgIpc) is 2.35. The van der Waals surface area contributed by atoms with Crippen LogP contribution < -0.4 is 11.1 Å². The highest BCUT2D eigenvalue weighted by atomic mass is 35.5. The van der Waals surface area contributed by atoms with E-state index >= 15 is 0 Å². The van der Waals surface area contributed by atoms with Crippen molar-refractivity contribution in [2.45, 2.75) is 18.6 Å². The lowest BCUT2D eigenvalue weighted by Crippen LogP contribution is -2.51. The average molecular weight is 287 g/mol. The van der Waals surface area contributed by atoms with Gasteiger partial charge in [0.15, 0.2) is 5.69 Å². The van der Waals surface area contributed by atoms with Gasteiger partial charge in [0.05, 0.1) is 11.7 Å². The van der Waals surface area contributed by atoms with E-state index in [1.165, 1.54) is 12.1 Å². The number of aromatic nitrogens is 1. The number of amides is 1. The highest BCUT2D eigenvalue weighted by Gasteiger charge is 2.29. The smallest absolute Gasteiger partial charge is 0.272 e. The van der Waals surface area contributed by atoms with Crippen LogP contribution in [0.1, 0.15) is 16.9 Å². The number of hydrogen-bond donors (Lipinski definition) is 2. The van der Waals surface area contributed by atoms with Crippen molar-refractivity contribution in [3.8, 4) is 0 Å². The second-order valence-electron chi connectivity index (χ2n) is 4.72. The summed E-state index contributed by atoms with van der Waals surface area (Å²) in [5.41, 5.74) is 5.94. The number of hydrogen-bond acceptors (Lipinski definition) is 4. The molecule has 0 spiro atoms. The van der Waals surface area contributed by atoms with Crippen LogP contribution in [0.3, 0.4) is 0 Å². The quantitative estimate of drug-likeness (QED) is 0.799. The number of anilines is 1. The molecule has 7 heteroatoms. The van der Waals surface area contributed by atoms with Crippen molar-refractivity contribution in [3.63, 3.8) is 0 Å². The maximum atomic E-state index is 13.8. The van der Waals surface area contributed by atoms with Crippen LogP contribution in [0.5, 0.6) is 0 Å². The highest BCUT2D eigenvalue weighted by Crippen LogP contribution is 2.16. The first-order chi connectivity index (χ1) is 8.97. The molecule has 0 aromatic carbocycles. The Morgan fingerprint density at radius 3 is 3.05 bits per heavy atom. The summed E-state index contributed by atoms with van der Waals surface area (Å²) in [6, 6.07) is 2.50. The van der Waals surface area contributed by atoms with Gasteiger partial charge in [0, 0.05) is 13.1 Å². The summed E-state index contributed by atoms with van der Waals surface area (Å²) in [6.45, 7) is 1.05. The molecule has 1 aromatic rings. The van der Waals surface area contributed by atoms with Crippen LogP contribution in [-0.2, 0) is 0 Å². The summed E-state index contributed by atoms with van der Waals surface area (Å²) < 4.78 is 13.8. The Labute approximate surface area is 115 Å². The van der Waals surface area contributed by atoms with Crippen LogP contribution in [0.4, 0.5) is 10.1 Å². The zero-order valence-corrected chi connectivity index (χ0v) is 11.3. The topological polar surface area (TPSA) is 71.2 Å². The number of nitrogens with zero attached hydrogens (tertiary/aromatic N) is 2. The minimum Gasteiger partial charge on any atom is -0.397 e. The van der Waals surface area contributed by atoms with Gasteiger partial charge < -0.3 is 16.0 Å².